The van der Waals surface area contributed by atoms with Crippen LogP contribution >= 0.6 is 11.3 Å². The van der Waals surface area contributed by atoms with Crippen LogP contribution in [0.1, 0.15) is 0 Å². The molecule has 2 aromatic rings. The first-order valence-corrected chi connectivity index (χ1v) is 7.21. The van der Waals surface area contributed by atoms with Gasteiger partial charge in [-0.3, -0.25) is 4.79 Å². The van der Waals surface area contributed by atoms with Crippen molar-refractivity contribution in [2.75, 3.05) is 24.5 Å². The van der Waals surface area contributed by atoms with E-state index in [0.29, 0.717) is 23.7 Å². The number of rotatable bonds is 4. The van der Waals surface area contributed by atoms with Crippen molar-refractivity contribution in [3.05, 3.63) is 24.0 Å². The zero-order valence-corrected chi connectivity index (χ0v) is 11.7. The molecule has 0 atom stereocenters. The van der Waals surface area contributed by atoms with Gasteiger partial charge in [0.2, 0.25) is 5.91 Å². The number of carbonyl (C=O) groups is 1. The van der Waals surface area contributed by atoms with Gasteiger partial charge in [0.25, 0.3) is 6.43 Å². The Morgan fingerprint density at radius 3 is 2.95 bits per heavy atom. The van der Waals surface area contributed by atoms with Crippen LogP contribution < -0.4 is 10.2 Å². The van der Waals surface area contributed by atoms with Gasteiger partial charge in [0, 0.05) is 13.1 Å². The number of nitrogens with one attached hydrogen (secondary N) is 1. The first kappa shape index (κ1) is 14.1. The Hall–Kier alpha value is -1.83. The molecule has 1 N–H and O–H groups in total. The van der Waals surface area contributed by atoms with Gasteiger partial charge in [-0.15, -0.1) is 0 Å². The molecule has 1 aromatic carbocycles. The van der Waals surface area contributed by atoms with Crippen LogP contribution in [0, 0.1) is 11.7 Å². The molecule has 1 fully saturated rings. The predicted molar refractivity (Wildman–Crippen MR) is 74.3 cm³/mol. The average Bonchev–Trinajstić information content (AvgIpc) is 2.76. The number of alkyl halides is 2. The van der Waals surface area contributed by atoms with E-state index in [-0.39, 0.29) is 17.6 Å². The molecule has 1 saturated heterocycles. The summed E-state index contributed by atoms with van der Waals surface area (Å²) in [6.07, 6.45) is -2.54. The molecule has 0 saturated carbocycles. The van der Waals surface area contributed by atoms with Gasteiger partial charge in [0.15, 0.2) is 5.13 Å². The lowest BCUT2D eigenvalue weighted by atomic mass is 10.0. The van der Waals surface area contributed by atoms with Crippen LogP contribution in [0.3, 0.4) is 0 Å². The van der Waals surface area contributed by atoms with Crippen molar-refractivity contribution in [1.29, 1.82) is 0 Å². The fourth-order valence-electron chi connectivity index (χ4n) is 2.14. The minimum atomic E-state index is -2.54. The van der Waals surface area contributed by atoms with Crippen molar-refractivity contribution in [1.82, 2.24) is 10.3 Å². The highest BCUT2D eigenvalue weighted by Crippen LogP contribution is 2.33. The molecule has 4 nitrogen and oxygen atoms in total. The molecular weight excluding hydrogens is 303 g/mol. The summed E-state index contributed by atoms with van der Waals surface area (Å²) in [5.41, 5.74) is 0.710. The van der Waals surface area contributed by atoms with Gasteiger partial charge in [0.1, 0.15) is 5.82 Å². The summed E-state index contributed by atoms with van der Waals surface area (Å²) in [5.74, 6) is -0.975. The number of aromatic nitrogens is 1. The Balaban J connectivity index is 1.61. The maximum absolute atomic E-state index is 13.1. The first-order chi connectivity index (χ1) is 10.0. The van der Waals surface area contributed by atoms with E-state index in [4.69, 9.17) is 0 Å². The molecule has 1 aliphatic rings. The van der Waals surface area contributed by atoms with Gasteiger partial charge >= 0.3 is 0 Å². The number of hydrogen-bond acceptors (Lipinski definition) is 4. The molecular formula is C13H12F3N3OS. The van der Waals surface area contributed by atoms with E-state index in [9.17, 15) is 18.0 Å². The number of anilines is 1. The van der Waals surface area contributed by atoms with Crippen LogP contribution in [0.25, 0.3) is 10.2 Å². The van der Waals surface area contributed by atoms with Crippen LogP contribution in [0.5, 0.6) is 0 Å². The van der Waals surface area contributed by atoms with E-state index in [0.717, 1.165) is 4.70 Å². The summed E-state index contributed by atoms with van der Waals surface area (Å²) in [4.78, 5) is 17.8. The Labute approximate surface area is 122 Å². The number of carbonyl (C=O) groups excluding carboxylic acids is 1. The van der Waals surface area contributed by atoms with Gasteiger partial charge in [0.05, 0.1) is 22.7 Å². The lowest BCUT2D eigenvalue weighted by Crippen LogP contribution is -2.54. The molecule has 112 valence electrons. The lowest BCUT2D eigenvalue weighted by molar-refractivity contribution is -0.126. The molecule has 0 bridgehead atoms. The van der Waals surface area contributed by atoms with Crippen molar-refractivity contribution >= 4 is 32.6 Å². The van der Waals surface area contributed by atoms with Gasteiger partial charge in [-0.1, -0.05) is 11.3 Å². The summed E-state index contributed by atoms with van der Waals surface area (Å²) in [6, 6.07) is 4.38. The van der Waals surface area contributed by atoms with Crippen LogP contribution in [0.4, 0.5) is 18.3 Å². The van der Waals surface area contributed by atoms with Gasteiger partial charge in [-0.05, 0) is 18.2 Å². The highest BCUT2D eigenvalue weighted by Gasteiger charge is 2.34. The third kappa shape index (κ3) is 2.94. The SMILES string of the molecule is O=C(NCC(F)F)C1CN(c2nc3ccc(F)cc3s2)C1. The quantitative estimate of drug-likeness (QED) is 0.941. The first-order valence-electron chi connectivity index (χ1n) is 6.40. The van der Waals surface area contributed by atoms with Gasteiger partial charge in [-0.25, -0.2) is 18.2 Å². The van der Waals surface area contributed by atoms with Gasteiger partial charge in [-0.2, -0.15) is 0 Å². The number of hydrogen-bond donors (Lipinski definition) is 1. The summed E-state index contributed by atoms with van der Waals surface area (Å²) in [6.45, 7) is 0.268. The number of nitrogens with zero attached hydrogens (tertiary/aromatic N) is 2. The van der Waals surface area contributed by atoms with Crippen molar-refractivity contribution in [3.63, 3.8) is 0 Å². The third-order valence-corrected chi connectivity index (χ3v) is 4.37. The molecule has 8 heteroatoms. The number of amides is 1. The molecule has 1 amide bonds. The largest absolute Gasteiger partial charge is 0.350 e. The topological polar surface area (TPSA) is 45.2 Å². The maximum atomic E-state index is 13.1. The van der Waals surface area contributed by atoms with E-state index in [1.54, 1.807) is 6.07 Å². The van der Waals surface area contributed by atoms with Crippen molar-refractivity contribution in [2.45, 2.75) is 6.43 Å². The van der Waals surface area contributed by atoms with E-state index >= 15 is 0 Å². The van der Waals surface area contributed by atoms with E-state index in [1.165, 1.54) is 23.5 Å². The highest BCUT2D eigenvalue weighted by molar-refractivity contribution is 7.22. The van der Waals surface area contributed by atoms with Crippen LogP contribution in [-0.2, 0) is 4.79 Å². The highest BCUT2D eigenvalue weighted by atomic mass is 32.1. The summed E-state index contributed by atoms with van der Waals surface area (Å²) in [7, 11) is 0. The molecule has 0 unspecified atom stereocenters. The molecule has 3 rings (SSSR count). The van der Waals surface area contributed by atoms with E-state index < -0.39 is 13.0 Å². The van der Waals surface area contributed by atoms with Crippen molar-refractivity contribution < 1.29 is 18.0 Å². The predicted octanol–water partition coefficient (Wildman–Crippen LogP) is 2.25. The normalized spacial score (nSPS) is 15.5. The number of thiazole rings is 1. The molecule has 2 heterocycles. The maximum Gasteiger partial charge on any atom is 0.255 e. The minimum Gasteiger partial charge on any atom is -0.350 e. The molecule has 1 aromatic heterocycles. The zero-order valence-electron chi connectivity index (χ0n) is 10.9. The van der Waals surface area contributed by atoms with E-state index in [1.807, 2.05) is 4.90 Å². The van der Waals surface area contributed by atoms with Crippen LogP contribution in [-0.4, -0.2) is 37.0 Å². The lowest BCUT2D eigenvalue weighted by Gasteiger charge is -2.37. The molecule has 0 radical (unpaired) electrons. The zero-order chi connectivity index (χ0) is 15.0. The fourth-order valence-corrected chi connectivity index (χ4v) is 3.15. The summed E-state index contributed by atoms with van der Waals surface area (Å²) < 4.78 is 37.9. The Kier molecular flexibility index (Phi) is 3.71. The van der Waals surface area contributed by atoms with Crippen LogP contribution in [0.2, 0.25) is 0 Å². The molecule has 1 aliphatic heterocycles. The summed E-state index contributed by atoms with van der Waals surface area (Å²) >= 11 is 1.35. The number of halogens is 3. The fraction of sp³-hybridized carbons (Fsp3) is 0.385. The van der Waals surface area contributed by atoms with Gasteiger partial charge < -0.3 is 10.2 Å². The minimum absolute atomic E-state index is 0.299. The molecule has 0 aliphatic carbocycles. The third-order valence-electron chi connectivity index (χ3n) is 3.29. The Bertz CT molecular complexity index is 670. The molecule has 0 spiro atoms. The average molecular weight is 315 g/mol. The summed E-state index contributed by atoms with van der Waals surface area (Å²) in [5, 5.41) is 2.92. The smallest absolute Gasteiger partial charge is 0.255 e. The monoisotopic (exact) mass is 315 g/mol. The Morgan fingerprint density at radius 1 is 1.48 bits per heavy atom. The van der Waals surface area contributed by atoms with E-state index in [2.05, 4.69) is 10.3 Å². The molecule has 21 heavy (non-hydrogen) atoms. The van der Waals surface area contributed by atoms with Crippen molar-refractivity contribution in [2.24, 2.45) is 5.92 Å². The second-order valence-electron chi connectivity index (χ2n) is 4.85. The number of benzene rings is 1. The standard InChI is InChI=1S/C13H12F3N3OS/c14-8-1-2-9-10(3-8)21-13(18-9)19-5-7(6-19)12(20)17-4-11(15)16/h1-3,7,11H,4-6H2,(H,17,20). The second kappa shape index (κ2) is 5.51. The van der Waals surface area contributed by atoms with Crippen LogP contribution in [0.15, 0.2) is 18.2 Å². The number of fused-ring (bicyclic) bond motifs is 1. The second-order valence-corrected chi connectivity index (χ2v) is 5.86. The van der Waals surface area contributed by atoms with Crippen molar-refractivity contribution in [3.8, 4) is 0 Å². The Morgan fingerprint density at radius 2 is 2.24 bits per heavy atom.